The topological polar surface area (TPSA) is 56.9 Å². The van der Waals surface area contributed by atoms with Crippen LogP contribution in [0.1, 0.15) is 39.5 Å². The maximum Gasteiger partial charge on any atom is 0.188 e. The molecular weight excluding hydrogens is 250 g/mol. The van der Waals surface area contributed by atoms with Crippen molar-refractivity contribution in [2.75, 3.05) is 33.2 Å². The molecule has 1 aliphatic heterocycles. The molecule has 1 aliphatic carbocycles. The Labute approximate surface area is 123 Å². The Bertz CT molecular complexity index is 326. The van der Waals surface area contributed by atoms with Crippen molar-refractivity contribution in [2.24, 2.45) is 10.7 Å². The van der Waals surface area contributed by atoms with E-state index in [1.54, 1.807) is 0 Å². The fourth-order valence-corrected chi connectivity index (χ4v) is 3.02. The summed E-state index contributed by atoms with van der Waals surface area (Å²) in [6, 6.07) is 1.88. The number of likely N-dealkylation sites (tertiary alicyclic amines) is 1. The van der Waals surface area contributed by atoms with Crippen LogP contribution in [-0.2, 0) is 0 Å². The van der Waals surface area contributed by atoms with Crippen LogP contribution in [0, 0.1) is 0 Å². The van der Waals surface area contributed by atoms with Crippen molar-refractivity contribution in [1.82, 2.24) is 15.1 Å². The summed E-state index contributed by atoms with van der Waals surface area (Å²) >= 11 is 0. The second-order valence-electron chi connectivity index (χ2n) is 6.28. The number of nitrogens with two attached hydrogens (primary N) is 1. The fourth-order valence-electron chi connectivity index (χ4n) is 3.02. The van der Waals surface area contributed by atoms with Crippen molar-refractivity contribution in [3.05, 3.63) is 0 Å². The van der Waals surface area contributed by atoms with Gasteiger partial charge in [-0.25, -0.2) is 0 Å². The number of nitrogens with one attached hydrogen (secondary N) is 1. The summed E-state index contributed by atoms with van der Waals surface area (Å²) in [5, 5.41) is 3.30. The molecular formula is C15H31N5. The van der Waals surface area contributed by atoms with Gasteiger partial charge in [0.05, 0.1) is 6.54 Å². The van der Waals surface area contributed by atoms with Gasteiger partial charge in [0.1, 0.15) is 0 Å². The van der Waals surface area contributed by atoms with Crippen molar-refractivity contribution in [3.63, 3.8) is 0 Å². The highest BCUT2D eigenvalue weighted by Gasteiger charge is 2.28. The molecule has 1 saturated carbocycles. The number of guanidine groups is 1. The summed E-state index contributed by atoms with van der Waals surface area (Å²) in [5.41, 5.74) is 5.98. The number of nitrogens with zero attached hydrogens (tertiary/aromatic N) is 3. The van der Waals surface area contributed by atoms with Crippen LogP contribution in [0.2, 0.25) is 0 Å². The molecule has 2 unspecified atom stereocenters. The van der Waals surface area contributed by atoms with Crippen molar-refractivity contribution >= 4 is 5.96 Å². The van der Waals surface area contributed by atoms with Crippen LogP contribution in [0.5, 0.6) is 0 Å². The van der Waals surface area contributed by atoms with E-state index >= 15 is 0 Å². The quantitative estimate of drug-likeness (QED) is 0.537. The lowest BCUT2D eigenvalue weighted by molar-refractivity contribution is 0.253. The minimum atomic E-state index is 0.474. The van der Waals surface area contributed by atoms with Crippen LogP contribution in [0.25, 0.3) is 0 Å². The van der Waals surface area contributed by atoms with E-state index in [2.05, 4.69) is 41.0 Å². The van der Waals surface area contributed by atoms with Gasteiger partial charge < -0.3 is 11.1 Å². The Morgan fingerprint density at radius 3 is 2.85 bits per heavy atom. The molecule has 2 rings (SSSR count). The second-order valence-corrected chi connectivity index (χ2v) is 6.28. The highest BCUT2D eigenvalue weighted by atomic mass is 15.2. The van der Waals surface area contributed by atoms with Crippen molar-refractivity contribution in [1.29, 1.82) is 0 Å². The summed E-state index contributed by atoms with van der Waals surface area (Å²) < 4.78 is 0. The van der Waals surface area contributed by atoms with E-state index in [9.17, 15) is 0 Å². The SMILES string of the molecule is CCN1CCCC1CNC(N)=NCC(C)N(C)C1CC1. The predicted molar refractivity (Wildman–Crippen MR) is 85.0 cm³/mol. The van der Waals surface area contributed by atoms with Gasteiger partial charge in [-0.2, -0.15) is 0 Å². The Hall–Kier alpha value is -0.810. The standard InChI is InChI=1S/C15H31N5/c1-4-20-9-5-6-14(20)11-18-15(16)17-10-12(2)19(3)13-7-8-13/h12-14H,4-11H2,1-3H3,(H3,16,17,18). The van der Waals surface area contributed by atoms with E-state index in [0.29, 0.717) is 18.0 Å². The monoisotopic (exact) mass is 281 g/mol. The zero-order chi connectivity index (χ0) is 14.5. The lowest BCUT2D eigenvalue weighted by atomic mass is 10.2. The average molecular weight is 281 g/mol. The Morgan fingerprint density at radius 1 is 1.45 bits per heavy atom. The third-order valence-electron chi connectivity index (χ3n) is 4.77. The van der Waals surface area contributed by atoms with Crippen LogP contribution >= 0.6 is 0 Å². The maximum atomic E-state index is 5.98. The van der Waals surface area contributed by atoms with Gasteiger partial charge >= 0.3 is 0 Å². The Morgan fingerprint density at radius 2 is 2.20 bits per heavy atom. The lowest BCUT2D eigenvalue weighted by Crippen LogP contribution is -2.43. The fraction of sp³-hybridized carbons (Fsp3) is 0.933. The molecule has 0 spiro atoms. The van der Waals surface area contributed by atoms with Gasteiger partial charge in [-0.15, -0.1) is 0 Å². The zero-order valence-electron chi connectivity index (χ0n) is 13.3. The Kier molecular flexibility index (Phi) is 5.66. The van der Waals surface area contributed by atoms with Gasteiger partial charge in [0.15, 0.2) is 5.96 Å². The normalized spacial score (nSPS) is 26.2. The first-order chi connectivity index (χ1) is 9.61. The van der Waals surface area contributed by atoms with E-state index in [4.69, 9.17) is 5.73 Å². The highest BCUT2D eigenvalue weighted by Crippen LogP contribution is 2.26. The molecule has 5 heteroatoms. The second kappa shape index (κ2) is 7.27. The number of hydrogen-bond acceptors (Lipinski definition) is 3. The third-order valence-corrected chi connectivity index (χ3v) is 4.77. The lowest BCUT2D eigenvalue weighted by Gasteiger charge is -2.24. The first-order valence-corrected chi connectivity index (χ1v) is 8.11. The Balaban J connectivity index is 1.68. The molecule has 1 heterocycles. The molecule has 2 fully saturated rings. The average Bonchev–Trinajstić information content (AvgIpc) is 3.20. The largest absolute Gasteiger partial charge is 0.370 e. The van der Waals surface area contributed by atoms with Crippen LogP contribution in [-0.4, -0.2) is 67.1 Å². The van der Waals surface area contributed by atoms with Gasteiger partial charge in [-0.3, -0.25) is 14.8 Å². The molecule has 2 aliphatic rings. The van der Waals surface area contributed by atoms with Gasteiger partial charge in [0.2, 0.25) is 0 Å². The first-order valence-electron chi connectivity index (χ1n) is 8.11. The minimum Gasteiger partial charge on any atom is -0.370 e. The molecule has 5 nitrogen and oxygen atoms in total. The van der Waals surface area contributed by atoms with Crippen molar-refractivity contribution in [2.45, 2.75) is 57.7 Å². The molecule has 0 radical (unpaired) electrons. The summed E-state index contributed by atoms with van der Waals surface area (Å²) in [6.45, 7) is 8.52. The molecule has 0 amide bonds. The predicted octanol–water partition coefficient (Wildman–Crippen LogP) is 0.858. The zero-order valence-corrected chi connectivity index (χ0v) is 13.3. The molecule has 3 N–H and O–H groups in total. The van der Waals surface area contributed by atoms with Gasteiger partial charge in [-0.05, 0) is 52.7 Å². The minimum absolute atomic E-state index is 0.474. The van der Waals surface area contributed by atoms with Crippen LogP contribution in [0.15, 0.2) is 4.99 Å². The van der Waals surface area contributed by atoms with Crippen LogP contribution < -0.4 is 11.1 Å². The van der Waals surface area contributed by atoms with E-state index < -0.39 is 0 Å². The van der Waals surface area contributed by atoms with Crippen LogP contribution in [0.4, 0.5) is 0 Å². The summed E-state index contributed by atoms with van der Waals surface area (Å²) in [7, 11) is 2.19. The van der Waals surface area contributed by atoms with E-state index in [-0.39, 0.29) is 0 Å². The molecule has 0 aromatic heterocycles. The number of rotatable bonds is 7. The van der Waals surface area contributed by atoms with Gasteiger partial charge in [0, 0.05) is 24.7 Å². The van der Waals surface area contributed by atoms with Gasteiger partial charge in [0.25, 0.3) is 0 Å². The molecule has 0 aromatic carbocycles. The molecule has 20 heavy (non-hydrogen) atoms. The number of hydrogen-bond donors (Lipinski definition) is 2. The molecule has 2 atom stereocenters. The first kappa shape index (κ1) is 15.6. The number of likely N-dealkylation sites (N-methyl/N-ethyl adjacent to an activating group) is 2. The summed E-state index contributed by atoms with van der Waals surface area (Å²) in [6.07, 6.45) is 5.26. The molecule has 0 aromatic rings. The summed E-state index contributed by atoms with van der Waals surface area (Å²) in [5.74, 6) is 0.601. The molecule has 1 saturated heterocycles. The summed E-state index contributed by atoms with van der Waals surface area (Å²) in [4.78, 5) is 9.43. The smallest absolute Gasteiger partial charge is 0.188 e. The van der Waals surface area contributed by atoms with E-state index in [1.807, 2.05) is 0 Å². The van der Waals surface area contributed by atoms with Crippen molar-refractivity contribution < 1.29 is 0 Å². The number of aliphatic imine (C=N–C) groups is 1. The van der Waals surface area contributed by atoms with Crippen LogP contribution in [0.3, 0.4) is 0 Å². The maximum absolute atomic E-state index is 5.98. The molecule has 0 bridgehead atoms. The van der Waals surface area contributed by atoms with Crippen molar-refractivity contribution in [3.8, 4) is 0 Å². The van der Waals surface area contributed by atoms with E-state index in [0.717, 1.165) is 25.7 Å². The third kappa shape index (κ3) is 4.35. The highest BCUT2D eigenvalue weighted by molar-refractivity contribution is 5.77. The van der Waals surface area contributed by atoms with Gasteiger partial charge in [-0.1, -0.05) is 6.92 Å². The van der Waals surface area contributed by atoms with E-state index in [1.165, 1.54) is 32.2 Å². The molecule has 116 valence electrons.